The summed E-state index contributed by atoms with van der Waals surface area (Å²) in [5.41, 5.74) is -3.78. The third-order valence-electron chi connectivity index (χ3n) is 9.45. The molecule has 8 nitrogen and oxygen atoms in total. The van der Waals surface area contributed by atoms with Gasteiger partial charge in [0.25, 0.3) is 0 Å². The Morgan fingerprint density at radius 1 is 1.18 bits per heavy atom. The largest absolute Gasteiger partial charge is 0.455 e. The van der Waals surface area contributed by atoms with Crippen LogP contribution in [0.2, 0.25) is 0 Å². The predicted molar refractivity (Wildman–Crippen MR) is 116 cm³/mol. The van der Waals surface area contributed by atoms with Crippen molar-refractivity contribution in [3.8, 4) is 0 Å². The standard InChI is InChI=1S/C25H36O8/c1-12-10-23(31-11-12)25(30)15(4)19-16(26)9-14(3)24(19,29)21(28)20(25)22(5,33-23)7-6-17-13(2)8-18(27)32-17/h8,12,14-17,19-20,26,29-30H,6-7,9-11H2,1-5H3/t12-,14+,15-,16+,17+,19+,20+,22-,23+,24+,25-/m1/s1. The average molecular weight is 465 g/mol. The van der Waals surface area contributed by atoms with Gasteiger partial charge in [-0.25, -0.2) is 4.79 Å². The lowest BCUT2D eigenvalue weighted by Crippen LogP contribution is -2.72. The summed E-state index contributed by atoms with van der Waals surface area (Å²) in [6, 6.07) is 0. The lowest BCUT2D eigenvalue weighted by atomic mass is 9.52. The number of hydrogen-bond acceptors (Lipinski definition) is 8. The van der Waals surface area contributed by atoms with E-state index in [1.165, 1.54) is 6.08 Å². The van der Waals surface area contributed by atoms with E-state index >= 15 is 0 Å². The Bertz CT molecular complexity index is 916. The fourth-order valence-electron chi connectivity index (χ4n) is 7.88. The van der Waals surface area contributed by atoms with Gasteiger partial charge in [0.2, 0.25) is 0 Å². The first kappa shape index (κ1) is 23.4. The van der Waals surface area contributed by atoms with Gasteiger partial charge >= 0.3 is 5.97 Å². The third-order valence-corrected chi connectivity index (χ3v) is 9.45. The molecule has 11 atom stereocenters. The van der Waals surface area contributed by atoms with Crippen molar-refractivity contribution < 1.29 is 39.1 Å². The van der Waals surface area contributed by atoms with E-state index in [0.717, 1.165) is 5.57 Å². The summed E-state index contributed by atoms with van der Waals surface area (Å²) in [7, 11) is 0. The Kier molecular flexibility index (Phi) is 5.04. The molecule has 33 heavy (non-hydrogen) atoms. The highest BCUT2D eigenvalue weighted by atomic mass is 16.7. The minimum absolute atomic E-state index is 0.119. The van der Waals surface area contributed by atoms with Crippen molar-refractivity contribution >= 4 is 11.8 Å². The molecule has 0 unspecified atom stereocenters. The van der Waals surface area contributed by atoms with Gasteiger partial charge in [-0.3, -0.25) is 4.79 Å². The number of aliphatic hydroxyl groups is 3. The van der Waals surface area contributed by atoms with Gasteiger partial charge in [-0.05, 0) is 56.4 Å². The molecule has 3 aliphatic heterocycles. The van der Waals surface area contributed by atoms with E-state index in [4.69, 9.17) is 14.2 Å². The summed E-state index contributed by atoms with van der Waals surface area (Å²) in [6.07, 6.45) is 1.62. The number of ketones is 1. The van der Waals surface area contributed by atoms with Crippen molar-refractivity contribution in [2.75, 3.05) is 6.61 Å². The maximum absolute atomic E-state index is 14.1. The van der Waals surface area contributed by atoms with Crippen molar-refractivity contribution in [3.05, 3.63) is 11.6 Å². The van der Waals surface area contributed by atoms with Gasteiger partial charge < -0.3 is 29.5 Å². The SMILES string of the molecule is CC1=CC(=O)O[C@H]1CC[C@@]1(C)O[C@@]2(C[C@@H](C)CO2)[C@@]2(O)[C@H](C)[C@H]3[C@@H](O)C[C@H](C)[C@@]3(O)C(=O)[C@H]21. The van der Waals surface area contributed by atoms with Crippen LogP contribution in [-0.4, -0.2) is 68.5 Å². The topological polar surface area (TPSA) is 123 Å². The van der Waals surface area contributed by atoms with E-state index in [9.17, 15) is 24.9 Å². The number of ether oxygens (including phenoxy) is 3. The normalized spacial score (nSPS) is 55.6. The van der Waals surface area contributed by atoms with Crippen molar-refractivity contribution in [3.63, 3.8) is 0 Å². The third kappa shape index (κ3) is 2.82. The summed E-state index contributed by atoms with van der Waals surface area (Å²) < 4.78 is 18.2. The second-order valence-electron chi connectivity index (χ2n) is 11.6. The minimum Gasteiger partial charge on any atom is -0.455 e. The molecule has 0 radical (unpaired) electrons. The molecule has 8 heteroatoms. The number of esters is 1. The fraction of sp³-hybridized carbons (Fsp3) is 0.840. The Hall–Kier alpha value is -1.32. The molecule has 0 aromatic rings. The number of Topliss-reactive ketones (excluding diaryl/α,β-unsaturated/α-hetero) is 1. The molecular formula is C25H36O8. The Labute approximate surface area is 194 Å². The molecule has 2 saturated heterocycles. The van der Waals surface area contributed by atoms with E-state index in [1.807, 2.05) is 13.8 Å². The lowest BCUT2D eigenvalue weighted by molar-refractivity contribution is -0.303. The van der Waals surface area contributed by atoms with Gasteiger partial charge in [-0.15, -0.1) is 0 Å². The number of carbonyl (C=O) groups is 2. The van der Waals surface area contributed by atoms with E-state index in [2.05, 4.69) is 0 Å². The van der Waals surface area contributed by atoms with Crippen LogP contribution in [0.5, 0.6) is 0 Å². The molecular weight excluding hydrogens is 428 g/mol. The van der Waals surface area contributed by atoms with Crippen molar-refractivity contribution in [2.24, 2.45) is 29.6 Å². The Morgan fingerprint density at radius 3 is 2.45 bits per heavy atom. The van der Waals surface area contributed by atoms with Crippen LogP contribution in [-0.2, 0) is 23.8 Å². The van der Waals surface area contributed by atoms with Crippen molar-refractivity contribution in [1.82, 2.24) is 0 Å². The van der Waals surface area contributed by atoms with Gasteiger partial charge in [0.15, 0.2) is 11.6 Å². The average Bonchev–Trinajstić information content (AvgIpc) is 3.37. The maximum Gasteiger partial charge on any atom is 0.331 e. The summed E-state index contributed by atoms with van der Waals surface area (Å²) >= 11 is 0. The van der Waals surface area contributed by atoms with Crippen LogP contribution in [0.15, 0.2) is 11.6 Å². The zero-order valence-corrected chi connectivity index (χ0v) is 20.0. The zero-order chi connectivity index (χ0) is 24.1. The summed E-state index contributed by atoms with van der Waals surface area (Å²) in [6.45, 7) is 9.60. The number of cyclic esters (lactones) is 1. The number of fused-ring (bicyclic) bond motifs is 3. The number of rotatable bonds is 3. The first-order chi connectivity index (χ1) is 15.3. The highest BCUT2D eigenvalue weighted by molar-refractivity contribution is 5.94. The Morgan fingerprint density at radius 2 is 1.88 bits per heavy atom. The van der Waals surface area contributed by atoms with Crippen LogP contribution >= 0.6 is 0 Å². The van der Waals surface area contributed by atoms with Crippen LogP contribution in [0.4, 0.5) is 0 Å². The van der Waals surface area contributed by atoms with Crippen molar-refractivity contribution in [2.45, 2.75) is 95.1 Å². The quantitative estimate of drug-likeness (QED) is 0.537. The minimum atomic E-state index is -1.74. The number of carbonyl (C=O) groups excluding carboxylic acids is 2. The molecule has 0 aromatic carbocycles. The molecule has 0 bridgehead atoms. The molecule has 3 heterocycles. The van der Waals surface area contributed by atoms with E-state index in [1.54, 1.807) is 20.8 Å². The van der Waals surface area contributed by atoms with E-state index in [0.29, 0.717) is 32.3 Å². The highest BCUT2D eigenvalue weighted by Crippen LogP contribution is 2.67. The molecule has 4 fully saturated rings. The van der Waals surface area contributed by atoms with Gasteiger partial charge in [-0.2, -0.15) is 0 Å². The molecule has 184 valence electrons. The van der Waals surface area contributed by atoms with Gasteiger partial charge in [0.1, 0.15) is 17.3 Å². The van der Waals surface area contributed by atoms with Crippen LogP contribution in [0.3, 0.4) is 0 Å². The molecule has 5 rings (SSSR count). The lowest BCUT2D eigenvalue weighted by Gasteiger charge is -2.54. The first-order valence-corrected chi connectivity index (χ1v) is 12.2. The van der Waals surface area contributed by atoms with Gasteiger partial charge in [-0.1, -0.05) is 20.8 Å². The van der Waals surface area contributed by atoms with Gasteiger partial charge in [0.05, 0.1) is 24.2 Å². The smallest absolute Gasteiger partial charge is 0.331 e. The fourth-order valence-corrected chi connectivity index (χ4v) is 7.88. The summed E-state index contributed by atoms with van der Waals surface area (Å²) in [5.74, 6) is -5.06. The number of aliphatic hydroxyl groups excluding tert-OH is 1. The molecule has 3 N–H and O–H groups in total. The maximum atomic E-state index is 14.1. The molecule has 0 amide bonds. The Balaban J connectivity index is 1.58. The van der Waals surface area contributed by atoms with Crippen LogP contribution in [0.1, 0.15) is 60.3 Å². The summed E-state index contributed by atoms with van der Waals surface area (Å²) in [4.78, 5) is 25.8. The van der Waals surface area contributed by atoms with Crippen LogP contribution in [0.25, 0.3) is 0 Å². The second-order valence-corrected chi connectivity index (χ2v) is 11.6. The van der Waals surface area contributed by atoms with E-state index in [-0.39, 0.29) is 11.9 Å². The molecule has 2 aliphatic carbocycles. The van der Waals surface area contributed by atoms with Crippen LogP contribution in [0, 0.1) is 29.6 Å². The van der Waals surface area contributed by atoms with Crippen molar-refractivity contribution in [1.29, 1.82) is 0 Å². The monoisotopic (exact) mass is 464 g/mol. The predicted octanol–water partition coefficient (Wildman–Crippen LogP) is 1.49. The first-order valence-electron chi connectivity index (χ1n) is 12.2. The van der Waals surface area contributed by atoms with Crippen LogP contribution < -0.4 is 0 Å². The highest BCUT2D eigenvalue weighted by Gasteiger charge is 2.82. The van der Waals surface area contributed by atoms with Gasteiger partial charge in [0, 0.05) is 18.4 Å². The number of hydrogen-bond donors (Lipinski definition) is 3. The molecule has 0 aromatic heterocycles. The second kappa shape index (κ2) is 7.10. The van der Waals surface area contributed by atoms with E-state index < -0.39 is 64.3 Å². The zero-order valence-electron chi connectivity index (χ0n) is 20.0. The molecule has 1 spiro atoms. The molecule has 2 saturated carbocycles. The summed E-state index contributed by atoms with van der Waals surface area (Å²) in [5, 5.41) is 35.0. The molecule has 5 aliphatic rings.